The van der Waals surface area contributed by atoms with E-state index in [0.29, 0.717) is 0 Å². The van der Waals surface area contributed by atoms with Gasteiger partial charge in [0.25, 0.3) is 0 Å². The van der Waals surface area contributed by atoms with Crippen LogP contribution < -0.4 is 10.6 Å². The lowest BCUT2D eigenvalue weighted by molar-refractivity contribution is 0.785. The van der Waals surface area contributed by atoms with Crippen molar-refractivity contribution in [2.24, 2.45) is 7.05 Å². The molecule has 6 nitrogen and oxygen atoms in total. The lowest BCUT2D eigenvalue weighted by Gasteiger charge is -2.18. The molecule has 2 N–H and O–H groups in total. The Morgan fingerprint density at radius 2 is 1.95 bits per heavy atom. The van der Waals surface area contributed by atoms with E-state index in [0.717, 1.165) is 29.1 Å². The quantitative estimate of drug-likeness (QED) is 0.730. The lowest BCUT2D eigenvalue weighted by Crippen LogP contribution is -2.18. The van der Waals surface area contributed by atoms with Crippen LogP contribution in [0.3, 0.4) is 0 Å². The maximum absolute atomic E-state index is 5.70. The van der Waals surface area contributed by atoms with Gasteiger partial charge in [0, 0.05) is 26.3 Å². The van der Waals surface area contributed by atoms with E-state index in [1.165, 1.54) is 5.56 Å². The van der Waals surface area contributed by atoms with Gasteiger partial charge in [0.2, 0.25) is 0 Å². The second-order valence-electron chi connectivity index (χ2n) is 4.80. The minimum absolute atomic E-state index is 0.751. The van der Waals surface area contributed by atoms with Gasteiger partial charge in [-0.1, -0.05) is 12.1 Å². The van der Waals surface area contributed by atoms with Crippen molar-refractivity contribution in [3.63, 3.8) is 0 Å². The number of aromatic nitrogens is 4. The third kappa shape index (κ3) is 2.16. The highest BCUT2D eigenvalue weighted by atomic mass is 15.3. The Labute approximate surface area is 116 Å². The van der Waals surface area contributed by atoms with Gasteiger partial charge in [0.1, 0.15) is 12.1 Å². The molecule has 0 amide bonds. The number of anilines is 2. The van der Waals surface area contributed by atoms with Crippen molar-refractivity contribution >= 4 is 22.5 Å². The van der Waals surface area contributed by atoms with E-state index in [1.807, 2.05) is 38.4 Å². The molecule has 102 valence electrons. The molecule has 0 aliphatic heterocycles. The van der Waals surface area contributed by atoms with Gasteiger partial charge in [-0.3, -0.25) is 4.68 Å². The zero-order valence-electron chi connectivity index (χ0n) is 11.5. The molecule has 0 saturated heterocycles. The van der Waals surface area contributed by atoms with E-state index >= 15 is 0 Å². The Balaban J connectivity index is 1.92. The van der Waals surface area contributed by atoms with Gasteiger partial charge in [-0.25, -0.2) is 9.97 Å². The largest absolute Gasteiger partial charge is 0.399 e. The van der Waals surface area contributed by atoms with E-state index in [2.05, 4.69) is 20.0 Å². The van der Waals surface area contributed by atoms with Crippen LogP contribution in [0.1, 0.15) is 5.56 Å². The molecule has 3 aromatic rings. The van der Waals surface area contributed by atoms with E-state index in [4.69, 9.17) is 5.73 Å². The average Bonchev–Trinajstić information content (AvgIpc) is 2.83. The number of rotatable bonds is 3. The fraction of sp³-hybridized carbons (Fsp3) is 0.214. The van der Waals surface area contributed by atoms with Crippen LogP contribution in [-0.2, 0) is 13.6 Å². The van der Waals surface area contributed by atoms with Gasteiger partial charge in [-0.15, -0.1) is 0 Å². The summed E-state index contributed by atoms with van der Waals surface area (Å²) in [6.45, 7) is 0.751. The van der Waals surface area contributed by atoms with E-state index < -0.39 is 0 Å². The molecule has 0 unspecified atom stereocenters. The summed E-state index contributed by atoms with van der Waals surface area (Å²) in [5.41, 5.74) is 8.48. The second-order valence-corrected chi connectivity index (χ2v) is 4.80. The first-order valence-electron chi connectivity index (χ1n) is 6.33. The van der Waals surface area contributed by atoms with Crippen molar-refractivity contribution in [2.45, 2.75) is 6.54 Å². The highest BCUT2D eigenvalue weighted by Gasteiger charge is 2.11. The number of aryl methyl sites for hydroxylation is 1. The van der Waals surface area contributed by atoms with Crippen LogP contribution in [0.2, 0.25) is 0 Å². The summed E-state index contributed by atoms with van der Waals surface area (Å²) in [4.78, 5) is 10.7. The number of benzene rings is 1. The Hall–Kier alpha value is -2.63. The fourth-order valence-electron chi connectivity index (χ4n) is 2.23. The molecule has 20 heavy (non-hydrogen) atoms. The third-order valence-electron chi connectivity index (χ3n) is 3.27. The predicted molar refractivity (Wildman–Crippen MR) is 79.3 cm³/mol. The molecule has 0 saturated carbocycles. The van der Waals surface area contributed by atoms with E-state index in [9.17, 15) is 0 Å². The van der Waals surface area contributed by atoms with Crippen LogP contribution in [0.5, 0.6) is 0 Å². The second kappa shape index (κ2) is 4.80. The summed E-state index contributed by atoms with van der Waals surface area (Å²) >= 11 is 0. The molecule has 0 atom stereocenters. The number of hydrogen-bond acceptors (Lipinski definition) is 5. The summed E-state index contributed by atoms with van der Waals surface area (Å²) < 4.78 is 1.75. The normalized spacial score (nSPS) is 10.9. The molecule has 1 aromatic carbocycles. The highest BCUT2D eigenvalue weighted by Crippen LogP contribution is 2.22. The minimum atomic E-state index is 0.751. The number of hydrogen-bond donors (Lipinski definition) is 1. The molecule has 6 heteroatoms. The molecule has 0 aliphatic rings. The fourth-order valence-corrected chi connectivity index (χ4v) is 2.23. The van der Waals surface area contributed by atoms with Gasteiger partial charge in [0.05, 0.1) is 11.6 Å². The number of fused-ring (bicyclic) bond motifs is 1. The Kier molecular flexibility index (Phi) is 2.98. The van der Waals surface area contributed by atoms with E-state index in [1.54, 1.807) is 17.2 Å². The summed E-state index contributed by atoms with van der Waals surface area (Å²) in [7, 11) is 3.88. The van der Waals surface area contributed by atoms with Gasteiger partial charge in [-0.05, 0) is 17.7 Å². The zero-order valence-corrected chi connectivity index (χ0v) is 11.5. The molecule has 0 aliphatic carbocycles. The first-order valence-corrected chi connectivity index (χ1v) is 6.33. The van der Waals surface area contributed by atoms with Crippen molar-refractivity contribution < 1.29 is 0 Å². The van der Waals surface area contributed by atoms with Crippen molar-refractivity contribution in [2.75, 3.05) is 17.7 Å². The summed E-state index contributed by atoms with van der Waals surface area (Å²) in [6, 6.07) is 7.85. The predicted octanol–water partition coefficient (Wildman–Crippen LogP) is 1.58. The third-order valence-corrected chi connectivity index (χ3v) is 3.27. The minimum Gasteiger partial charge on any atom is -0.399 e. The first-order chi connectivity index (χ1) is 9.65. The van der Waals surface area contributed by atoms with Gasteiger partial charge in [-0.2, -0.15) is 5.10 Å². The number of nitrogens with two attached hydrogens (primary N) is 1. The topological polar surface area (TPSA) is 72.9 Å². The van der Waals surface area contributed by atoms with Crippen molar-refractivity contribution in [3.8, 4) is 0 Å². The Bertz CT molecular complexity index is 731. The van der Waals surface area contributed by atoms with E-state index in [-0.39, 0.29) is 0 Å². The van der Waals surface area contributed by atoms with Crippen LogP contribution in [0.4, 0.5) is 11.5 Å². The van der Waals surface area contributed by atoms with Gasteiger partial charge >= 0.3 is 0 Å². The monoisotopic (exact) mass is 268 g/mol. The maximum atomic E-state index is 5.70. The Morgan fingerprint density at radius 1 is 1.20 bits per heavy atom. The molecule has 2 aromatic heterocycles. The number of nitrogens with zero attached hydrogens (tertiary/aromatic N) is 5. The lowest BCUT2D eigenvalue weighted by atomic mass is 10.2. The van der Waals surface area contributed by atoms with Gasteiger partial charge < -0.3 is 10.6 Å². The molecule has 0 bridgehead atoms. The van der Waals surface area contributed by atoms with Crippen LogP contribution in [-0.4, -0.2) is 26.8 Å². The number of nitrogen functional groups attached to an aromatic ring is 1. The summed E-state index contributed by atoms with van der Waals surface area (Å²) in [6.07, 6.45) is 3.36. The average molecular weight is 268 g/mol. The Morgan fingerprint density at radius 3 is 2.70 bits per heavy atom. The zero-order chi connectivity index (χ0) is 14.1. The molecule has 0 radical (unpaired) electrons. The summed E-state index contributed by atoms with van der Waals surface area (Å²) in [5.74, 6) is 0.875. The van der Waals surface area contributed by atoms with Crippen LogP contribution in [0.25, 0.3) is 11.0 Å². The van der Waals surface area contributed by atoms with Crippen molar-refractivity contribution in [3.05, 3.63) is 42.4 Å². The van der Waals surface area contributed by atoms with Crippen LogP contribution >= 0.6 is 0 Å². The molecular formula is C14H16N6. The van der Waals surface area contributed by atoms with Crippen LogP contribution in [0.15, 0.2) is 36.8 Å². The SMILES string of the molecule is CN(Cc1ccc(N)cc1)c1ncnc2c1cnn2C. The molecule has 0 fully saturated rings. The van der Waals surface area contributed by atoms with Gasteiger partial charge in [0.15, 0.2) is 5.65 Å². The standard InChI is InChI=1S/C14H16N6/c1-19(8-10-3-5-11(15)6-4-10)13-12-7-18-20(2)14(12)17-9-16-13/h3-7,9H,8,15H2,1-2H3. The highest BCUT2D eigenvalue weighted by molar-refractivity contribution is 5.86. The van der Waals surface area contributed by atoms with Crippen molar-refractivity contribution in [1.29, 1.82) is 0 Å². The molecular weight excluding hydrogens is 252 g/mol. The first kappa shape index (κ1) is 12.4. The van der Waals surface area contributed by atoms with Crippen molar-refractivity contribution in [1.82, 2.24) is 19.7 Å². The maximum Gasteiger partial charge on any atom is 0.163 e. The molecule has 3 rings (SSSR count). The summed E-state index contributed by atoms with van der Waals surface area (Å²) in [5, 5.41) is 5.18. The smallest absolute Gasteiger partial charge is 0.163 e. The molecule has 2 heterocycles. The van der Waals surface area contributed by atoms with Crippen LogP contribution in [0, 0.1) is 0 Å². The molecule has 0 spiro atoms.